The molecule has 0 spiro atoms. The molecule has 0 unspecified atom stereocenters. The Morgan fingerprint density at radius 3 is 2.85 bits per heavy atom. The maximum absolute atomic E-state index is 13.1. The fraction of sp³-hybridized carbons (Fsp3) is 0.600. The van der Waals surface area contributed by atoms with Crippen molar-refractivity contribution in [2.24, 2.45) is 11.7 Å². The zero-order chi connectivity index (χ0) is 18.8. The minimum absolute atomic E-state index is 0.0199. The molecule has 7 heteroatoms. The van der Waals surface area contributed by atoms with Crippen LogP contribution in [0.5, 0.6) is 5.75 Å². The monoisotopic (exact) mass is 373 g/mol. The van der Waals surface area contributed by atoms with Crippen LogP contribution in [-0.4, -0.2) is 66.6 Å². The second-order valence-electron chi connectivity index (χ2n) is 7.64. The fourth-order valence-electron chi connectivity index (χ4n) is 4.47. The van der Waals surface area contributed by atoms with Crippen LogP contribution in [0.25, 0.3) is 0 Å². The normalized spacial score (nSPS) is 28.4. The molecule has 0 aromatic heterocycles. The van der Waals surface area contributed by atoms with E-state index in [9.17, 15) is 9.59 Å². The molecule has 27 heavy (non-hydrogen) atoms. The topological polar surface area (TPSA) is 85.1 Å². The predicted molar refractivity (Wildman–Crippen MR) is 99.0 cm³/mol. The second-order valence-corrected chi connectivity index (χ2v) is 7.64. The lowest BCUT2D eigenvalue weighted by Gasteiger charge is -2.45. The summed E-state index contributed by atoms with van der Waals surface area (Å²) in [6, 6.07) is 7.92. The molecule has 146 valence electrons. The first-order chi connectivity index (χ1) is 13.1. The number of morpholine rings is 1. The number of para-hydroxylation sites is 1. The number of fused-ring (bicyclic) bond motifs is 2. The number of ether oxygens (including phenoxy) is 2. The van der Waals surface area contributed by atoms with Gasteiger partial charge in [0.05, 0.1) is 25.3 Å². The highest BCUT2D eigenvalue weighted by atomic mass is 16.5. The van der Waals surface area contributed by atoms with Gasteiger partial charge in [0.25, 0.3) is 0 Å². The van der Waals surface area contributed by atoms with E-state index >= 15 is 0 Å². The third-order valence-corrected chi connectivity index (χ3v) is 5.93. The highest BCUT2D eigenvalue weighted by molar-refractivity contribution is 5.80. The molecule has 4 rings (SSSR count). The Morgan fingerprint density at radius 2 is 2.00 bits per heavy atom. The van der Waals surface area contributed by atoms with Gasteiger partial charge >= 0.3 is 0 Å². The Morgan fingerprint density at radius 1 is 1.15 bits per heavy atom. The minimum Gasteiger partial charge on any atom is -0.492 e. The van der Waals surface area contributed by atoms with Gasteiger partial charge in [0.2, 0.25) is 11.8 Å². The van der Waals surface area contributed by atoms with Gasteiger partial charge in [0.15, 0.2) is 0 Å². The average Bonchev–Trinajstić information content (AvgIpc) is 2.88. The van der Waals surface area contributed by atoms with E-state index in [0.717, 1.165) is 24.2 Å². The van der Waals surface area contributed by atoms with Crippen LogP contribution in [0, 0.1) is 5.92 Å². The van der Waals surface area contributed by atoms with Gasteiger partial charge in [-0.05, 0) is 25.3 Å². The summed E-state index contributed by atoms with van der Waals surface area (Å²) in [6.07, 6.45) is 2.16. The van der Waals surface area contributed by atoms with Crippen LogP contribution in [0.3, 0.4) is 0 Å². The maximum Gasteiger partial charge on any atom is 0.237 e. The van der Waals surface area contributed by atoms with Gasteiger partial charge in [-0.3, -0.25) is 14.5 Å². The lowest BCUT2D eigenvalue weighted by molar-refractivity contribution is -0.154. The summed E-state index contributed by atoms with van der Waals surface area (Å²) < 4.78 is 11.7. The van der Waals surface area contributed by atoms with Gasteiger partial charge in [0.1, 0.15) is 12.4 Å². The number of benzene rings is 1. The zero-order valence-electron chi connectivity index (χ0n) is 15.5. The minimum atomic E-state index is -0.271. The summed E-state index contributed by atoms with van der Waals surface area (Å²) in [7, 11) is 0. The highest BCUT2D eigenvalue weighted by Crippen LogP contribution is 2.32. The quantitative estimate of drug-likeness (QED) is 0.846. The summed E-state index contributed by atoms with van der Waals surface area (Å²) >= 11 is 0. The van der Waals surface area contributed by atoms with E-state index in [2.05, 4.69) is 4.90 Å². The molecule has 3 atom stereocenters. The number of nitrogens with zero attached hydrogens (tertiary/aromatic N) is 2. The van der Waals surface area contributed by atoms with Crippen LogP contribution in [0.2, 0.25) is 0 Å². The molecule has 1 saturated carbocycles. The van der Waals surface area contributed by atoms with Crippen LogP contribution >= 0.6 is 0 Å². The molecule has 1 saturated heterocycles. The Balaban J connectivity index is 1.43. The van der Waals surface area contributed by atoms with Gasteiger partial charge in [-0.15, -0.1) is 0 Å². The molecule has 2 fully saturated rings. The number of primary amides is 1. The molecular formula is C20H27N3O4. The summed E-state index contributed by atoms with van der Waals surface area (Å²) in [5, 5.41) is 0. The van der Waals surface area contributed by atoms with Crippen molar-refractivity contribution in [3.8, 4) is 5.75 Å². The smallest absolute Gasteiger partial charge is 0.237 e. The first-order valence-corrected chi connectivity index (χ1v) is 9.75. The standard InChI is InChI=1S/C20H27N3O4/c21-20(25)14-5-6-18-16(11-14)23(8-10-27-18)19(24)13-22-7-9-26-17-4-2-1-3-15(17)12-22/h1-4,14,16,18H,5-13H2,(H2,21,25)/t14-,16+,18+/m0/s1. The Kier molecular flexibility index (Phi) is 5.31. The number of rotatable bonds is 3. The van der Waals surface area contributed by atoms with Gasteiger partial charge in [0, 0.05) is 31.1 Å². The number of nitrogens with two attached hydrogens (primary N) is 1. The molecule has 7 nitrogen and oxygen atoms in total. The predicted octanol–water partition coefficient (Wildman–Crippen LogP) is 0.762. The van der Waals surface area contributed by atoms with E-state index in [0.29, 0.717) is 45.8 Å². The van der Waals surface area contributed by atoms with Crippen LogP contribution in [0.1, 0.15) is 24.8 Å². The van der Waals surface area contributed by atoms with Crippen molar-refractivity contribution >= 4 is 11.8 Å². The van der Waals surface area contributed by atoms with E-state index in [-0.39, 0.29) is 29.9 Å². The number of amides is 2. The van der Waals surface area contributed by atoms with E-state index < -0.39 is 0 Å². The number of hydrogen-bond acceptors (Lipinski definition) is 5. The summed E-state index contributed by atoms with van der Waals surface area (Å²) in [4.78, 5) is 28.8. The molecule has 2 heterocycles. The van der Waals surface area contributed by atoms with Crippen molar-refractivity contribution in [1.82, 2.24) is 9.80 Å². The van der Waals surface area contributed by atoms with E-state index in [1.54, 1.807) is 0 Å². The van der Waals surface area contributed by atoms with Crippen molar-refractivity contribution in [1.29, 1.82) is 0 Å². The van der Waals surface area contributed by atoms with Crippen molar-refractivity contribution in [2.75, 3.05) is 32.8 Å². The third kappa shape index (κ3) is 3.94. The van der Waals surface area contributed by atoms with Crippen molar-refractivity contribution in [2.45, 2.75) is 38.0 Å². The van der Waals surface area contributed by atoms with Crippen LogP contribution in [0.15, 0.2) is 24.3 Å². The van der Waals surface area contributed by atoms with E-state index in [4.69, 9.17) is 15.2 Å². The van der Waals surface area contributed by atoms with Crippen molar-refractivity contribution < 1.29 is 19.1 Å². The molecule has 2 amide bonds. The largest absolute Gasteiger partial charge is 0.492 e. The molecule has 1 aromatic rings. The molecule has 2 N–H and O–H groups in total. The Hall–Kier alpha value is -2.12. The molecule has 0 radical (unpaired) electrons. The van der Waals surface area contributed by atoms with Crippen molar-refractivity contribution in [3.05, 3.63) is 29.8 Å². The lowest BCUT2D eigenvalue weighted by Crippen LogP contribution is -2.58. The fourth-order valence-corrected chi connectivity index (χ4v) is 4.47. The Labute approximate surface area is 159 Å². The SMILES string of the molecule is NC(=O)[C@H]1CC[C@H]2OCCN(C(=O)CN3CCOc4ccccc4C3)[C@@H]2C1. The Bertz CT molecular complexity index is 710. The zero-order valence-corrected chi connectivity index (χ0v) is 15.5. The molecule has 1 aromatic carbocycles. The first-order valence-electron chi connectivity index (χ1n) is 9.75. The molecule has 2 aliphatic heterocycles. The maximum atomic E-state index is 13.1. The van der Waals surface area contributed by atoms with E-state index in [1.165, 1.54) is 0 Å². The van der Waals surface area contributed by atoms with Gasteiger partial charge < -0.3 is 20.1 Å². The van der Waals surface area contributed by atoms with Gasteiger partial charge in [-0.25, -0.2) is 0 Å². The number of hydrogen-bond donors (Lipinski definition) is 1. The second kappa shape index (κ2) is 7.86. The molecule has 3 aliphatic rings. The summed E-state index contributed by atoms with van der Waals surface area (Å²) in [5.74, 6) is 0.558. The molecule has 0 bridgehead atoms. The van der Waals surface area contributed by atoms with Crippen LogP contribution in [-0.2, 0) is 20.9 Å². The molecule has 1 aliphatic carbocycles. The van der Waals surface area contributed by atoms with Crippen molar-refractivity contribution in [3.63, 3.8) is 0 Å². The molecular weight excluding hydrogens is 346 g/mol. The van der Waals surface area contributed by atoms with Crippen LogP contribution < -0.4 is 10.5 Å². The number of carbonyl (C=O) groups is 2. The van der Waals surface area contributed by atoms with Crippen LogP contribution in [0.4, 0.5) is 0 Å². The third-order valence-electron chi connectivity index (χ3n) is 5.93. The average molecular weight is 373 g/mol. The number of carbonyl (C=O) groups excluding carboxylic acids is 2. The van der Waals surface area contributed by atoms with E-state index in [1.807, 2.05) is 29.2 Å². The summed E-state index contributed by atoms with van der Waals surface area (Å²) in [6.45, 7) is 3.46. The van der Waals surface area contributed by atoms with Gasteiger partial charge in [-0.2, -0.15) is 0 Å². The first kappa shape index (κ1) is 18.3. The summed E-state index contributed by atoms with van der Waals surface area (Å²) in [5.41, 5.74) is 6.62. The lowest BCUT2D eigenvalue weighted by atomic mass is 9.81. The highest BCUT2D eigenvalue weighted by Gasteiger charge is 2.41. The van der Waals surface area contributed by atoms with Gasteiger partial charge in [-0.1, -0.05) is 18.2 Å².